The van der Waals surface area contributed by atoms with Crippen molar-refractivity contribution in [1.29, 1.82) is 0 Å². The number of ether oxygens (including phenoxy) is 2. The maximum atomic E-state index is 11.6. The SMILES string of the molecule is C=CC(=O)Nc1ccc(-c2nn3ncnc(N)c3c2-c2ccc(OC3CCOCC3)cc2)cc1. The van der Waals surface area contributed by atoms with E-state index in [1.54, 1.807) is 0 Å². The van der Waals surface area contributed by atoms with E-state index in [1.165, 1.54) is 17.0 Å². The largest absolute Gasteiger partial charge is 0.490 e. The van der Waals surface area contributed by atoms with Crippen molar-refractivity contribution in [2.45, 2.75) is 18.9 Å². The van der Waals surface area contributed by atoms with Crippen molar-refractivity contribution < 1.29 is 14.3 Å². The van der Waals surface area contributed by atoms with Gasteiger partial charge in [0.15, 0.2) is 5.82 Å². The van der Waals surface area contributed by atoms with E-state index in [1.807, 2.05) is 48.5 Å². The summed E-state index contributed by atoms with van der Waals surface area (Å²) in [6.07, 6.45) is 4.54. The number of hydrogen-bond donors (Lipinski definition) is 2. The maximum Gasteiger partial charge on any atom is 0.247 e. The lowest BCUT2D eigenvalue weighted by molar-refractivity contribution is -0.111. The Morgan fingerprint density at radius 2 is 1.82 bits per heavy atom. The second-order valence-corrected chi connectivity index (χ2v) is 7.93. The zero-order valence-electron chi connectivity index (χ0n) is 18.5. The molecule has 1 fully saturated rings. The van der Waals surface area contributed by atoms with Crippen molar-refractivity contribution in [1.82, 2.24) is 19.8 Å². The van der Waals surface area contributed by atoms with Gasteiger partial charge in [-0.2, -0.15) is 0 Å². The standard InChI is InChI=1S/C25H24N6O3/c1-2-21(32)29-18-7-3-17(4-8-18)23-22(24-25(26)27-15-28-31(24)30-23)16-5-9-19(10-6-16)34-20-11-13-33-14-12-20/h2-10,15,20H,1,11-14H2,(H,29,32)(H2,26,27,28). The number of carbonyl (C=O) groups excluding carboxylic acids is 1. The summed E-state index contributed by atoms with van der Waals surface area (Å²) in [7, 11) is 0. The summed E-state index contributed by atoms with van der Waals surface area (Å²) < 4.78 is 13.0. The van der Waals surface area contributed by atoms with Crippen LogP contribution in [-0.2, 0) is 9.53 Å². The maximum absolute atomic E-state index is 11.6. The summed E-state index contributed by atoms with van der Waals surface area (Å²) >= 11 is 0. The van der Waals surface area contributed by atoms with Crippen LogP contribution in [0, 0.1) is 0 Å². The minimum atomic E-state index is -0.271. The highest BCUT2D eigenvalue weighted by Crippen LogP contribution is 2.37. The Hall–Kier alpha value is -4.24. The van der Waals surface area contributed by atoms with Crippen LogP contribution in [0.3, 0.4) is 0 Å². The van der Waals surface area contributed by atoms with Crippen LogP contribution in [0.15, 0.2) is 67.5 Å². The monoisotopic (exact) mass is 456 g/mol. The first-order valence-electron chi connectivity index (χ1n) is 11.0. The van der Waals surface area contributed by atoms with E-state index >= 15 is 0 Å². The minimum Gasteiger partial charge on any atom is -0.490 e. The van der Waals surface area contributed by atoms with E-state index in [0.29, 0.717) is 22.7 Å². The molecule has 0 radical (unpaired) electrons. The molecule has 1 amide bonds. The molecule has 2 aromatic heterocycles. The fraction of sp³-hybridized carbons (Fsp3) is 0.200. The van der Waals surface area contributed by atoms with E-state index in [9.17, 15) is 4.79 Å². The number of aromatic nitrogens is 4. The molecule has 0 saturated carbocycles. The number of nitrogens with zero attached hydrogens (tertiary/aromatic N) is 4. The van der Waals surface area contributed by atoms with Crippen molar-refractivity contribution in [3.63, 3.8) is 0 Å². The van der Waals surface area contributed by atoms with Crippen LogP contribution in [0.4, 0.5) is 11.5 Å². The summed E-state index contributed by atoms with van der Waals surface area (Å²) in [5.41, 5.74) is 10.8. The van der Waals surface area contributed by atoms with Gasteiger partial charge in [0.1, 0.15) is 29.4 Å². The molecule has 172 valence electrons. The average molecular weight is 457 g/mol. The molecule has 2 aromatic carbocycles. The second kappa shape index (κ2) is 9.32. The predicted molar refractivity (Wildman–Crippen MR) is 129 cm³/mol. The number of anilines is 2. The van der Waals surface area contributed by atoms with Crippen LogP contribution in [0.1, 0.15) is 12.8 Å². The highest BCUT2D eigenvalue weighted by atomic mass is 16.5. The first-order chi connectivity index (χ1) is 16.6. The van der Waals surface area contributed by atoms with Crippen molar-refractivity contribution in [3.05, 3.63) is 67.5 Å². The number of amides is 1. The van der Waals surface area contributed by atoms with Gasteiger partial charge in [-0.1, -0.05) is 30.8 Å². The first kappa shape index (κ1) is 21.6. The minimum absolute atomic E-state index is 0.163. The number of fused-ring (bicyclic) bond motifs is 1. The van der Waals surface area contributed by atoms with Gasteiger partial charge >= 0.3 is 0 Å². The zero-order valence-corrected chi connectivity index (χ0v) is 18.5. The van der Waals surface area contributed by atoms with Gasteiger partial charge in [0.05, 0.1) is 13.2 Å². The zero-order chi connectivity index (χ0) is 23.5. The lowest BCUT2D eigenvalue weighted by Gasteiger charge is -2.23. The van der Waals surface area contributed by atoms with E-state index in [0.717, 1.165) is 48.5 Å². The van der Waals surface area contributed by atoms with Gasteiger partial charge < -0.3 is 20.5 Å². The van der Waals surface area contributed by atoms with Crippen LogP contribution in [-0.4, -0.2) is 45.0 Å². The average Bonchev–Trinajstić information content (AvgIpc) is 3.26. The number of rotatable bonds is 6. The third-order valence-corrected chi connectivity index (χ3v) is 5.69. The van der Waals surface area contributed by atoms with Crippen LogP contribution < -0.4 is 15.8 Å². The molecule has 4 aromatic rings. The fourth-order valence-electron chi connectivity index (χ4n) is 3.99. The van der Waals surface area contributed by atoms with Gasteiger partial charge in [0, 0.05) is 29.7 Å². The summed E-state index contributed by atoms with van der Waals surface area (Å²) in [5, 5.41) is 11.7. The van der Waals surface area contributed by atoms with Crippen LogP contribution in [0.25, 0.3) is 27.9 Å². The summed E-state index contributed by atoms with van der Waals surface area (Å²) in [4.78, 5) is 15.8. The van der Waals surface area contributed by atoms with Crippen molar-refractivity contribution in [2.24, 2.45) is 0 Å². The molecule has 9 heteroatoms. The number of nitrogens with one attached hydrogen (secondary N) is 1. The van der Waals surface area contributed by atoms with E-state index in [4.69, 9.17) is 15.2 Å². The van der Waals surface area contributed by atoms with Gasteiger partial charge in [-0.25, -0.2) is 4.98 Å². The van der Waals surface area contributed by atoms with E-state index in [2.05, 4.69) is 27.1 Å². The number of carbonyl (C=O) groups is 1. The van der Waals surface area contributed by atoms with Crippen molar-refractivity contribution in [3.8, 4) is 28.1 Å². The molecule has 1 saturated heterocycles. The quantitative estimate of drug-likeness (QED) is 0.425. The van der Waals surface area contributed by atoms with Crippen LogP contribution >= 0.6 is 0 Å². The number of benzene rings is 2. The van der Waals surface area contributed by atoms with Crippen LogP contribution in [0.2, 0.25) is 0 Å². The number of hydrogen-bond acceptors (Lipinski definition) is 7. The highest BCUT2D eigenvalue weighted by molar-refractivity contribution is 5.99. The molecular weight excluding hydrogens is 432 g/mol. The number of nitrogen functional groups attached to an aromatic ring is 1. The molecule has 0 aliphatic carbocycles. The summed E-state index contributed by atoms with van der Waals surface area (Å²) in [6, 6.07) is 15.3. The van der Waals surface area contributed by atoms with E-state index in [-0.39, 0.29) is 12.0 Å². The molecule has 9 nitrogen and oxygen atoms in total. The Morgan fingerprint density at radius 3 is 2.53 bits per heavy atom. The topological polar surface area (TPSA) is 117 Å². The Balaban J connectivity index is 1.52. The Kier molecular flexibility index (Phi) is 5.92. The smallest absolute Gasteiger partial charge is 0.247 e. The molecule has 0 unspecified atom stereocenters. The van der Waals surface area contributed by atoms with Gasteiger partial charge in [-0.15, -0.1) is 14.8 Å². The summed E-state index contributed by atoms with van der Waals surface area (Å²) in [6.45, 7) is 4.93. The number of nitrogens with two attached hydrogens (primary N) is 1. The fourth-order valence-corrected chi connectivity index (χ4v) is 3.99. The molecule has 1 aliphatic rings. The lowest BCUT2D eigenvalue weighted by Crippen LogP contribution is -2.25. The molecule has 0 spiro atoms. The van der Waals surface area contributed by atoms with Crippen molar-refractivity contribution in [2.75, 3.05) is 24.3 Å². The molecular formula is C25H24N6O3. The third kappa shape index (κ3) is 4.33. The molecule has 0 bridgehead atoms. The predicted octanol–water partition coefficient (Wildman–Crippen LogP) is 3.72. The van der Waals surface area contributed by atoms with Gasteiger partial charge in [-0.05, 0) is 35.9 Å². The van der Waals surface area contributed by atoms with Gasteiger partial charge in [-0.3, -0.25) is 4.79 Å². The molecule has 3 heterocycles. The molecule has 1 aliphatic heterocycles. The second-order valence-electron chi connectivity index (χ2n) is 7.93. The first-order valence-corrected chi connectivity index (χ1v) is 11.0. The summed E-state index contributed by atoms with van der Waals surface area (Å²) in [5.74, 6) is 0.869. The van der Waals surface area contributed by atoms with Crippen LogP contribution in [0.5, 0.6) is 5.75 Å². The van der Waals surface area contributed by atoms with Gasteiger partial charge in [0.25, 0.3) is 0 Å². The molecule has 0 atom stereocenters. The molecule has 5 rings (SSSR count). The Labute approximate surface area is 196 Å². The van der Waals surface area contributed by atoms with Crippen molar-refractivity contribution >= 4 is 22.9 Å². The normalized spacial score (nSPS) is 14.1. The molecule has 3 N–H and O–H groups in total. The Bertz CT molecular complexity index is 1330. The third-order valence-electron chi connectivity index (χ3n) is 5.69. The highest BCUT2D eigenvalue weighted by Gasteiger charge is 2.21. The van der Waals surface area contributed by atoms with Gasteiger partial charge in [0.2, 0.25) is 5.91 Å². The Morgan fingerprint density at radius 1 is 1.12 bits per heavy atom. The lowest BCUT2D eigenvalue weighted by atomic mass is 9.99. The van der Waals surface area contributed by atoms with E-state index < -0.39 is 0 Å². The molecule has 34 heavy (non-hydrogen) atoms.